The monoisotopic (exact) mass is 2050 g/mol. The Balaban J connectivity index is -0.0000000844. The number of carbonyl (C=O) groups excluding carboxylic acids is 1. The second-order valence-electron chi connectivity index (χ2n) is 38.5. The molecular formula is C102H229BrN11NaO19S. The van der Waals surface area contributed by atoms with Gasteiger partial charge < -0.3 is 133 Å². The molecule has 0 saturated carbocycles. The van der Waals surface area contributed by atoms with Gasteiger partial charge >= 0.3 is 54.2 Å². The van der Waals surface area contributed by atoms with Crippen LogP contribution in [0.15, 0.2) is 4.99 Å². The molecule has 0 bridgehead atoms. The molecule has 33 heteroatoms. The summed E-state index contributed by atoms with van der Waals surface area (Å²) in [5, 5.41) is 78.5. The van der Waals surface area contributed by atoms with E-state index in [0.29, 0.717) is 0 Å². The maximum atomic E-state index is 8.56. The van der Waals surface area contributed by atoms with Crippen molar-refractivity contribution in [2.45, 2.75) is 449 Å². The van der Waals surface area contributed by atoms with Crippen molar-refractivity contribution in [3.63, 3.8) is 0 Å². The molecule has 135 heavy (non-hydrogen) atoms. The van der Waals surface area contributed by atoms with E-state index in [-0.39, 0.29) is 52.5 Å². The number of aliphatic imine (C=N–C) groups is 1. The summed E-state index contributed by atoms with van der Waals surface area (Å²) in [7, 11) is 25.2. The van der Waals surface area contributed by atoms with Gasteiger partial charge in [-0.05, 0) is 91.6 Å². The van der Waals surface area contributed by atoms with Crippen LogP contribution in [0, 0.1) is 12.3 Å². The summed E-state index contributed by atoms with van der Waals surface area (Å²) in [4.78, 5) is 51.2. The van der Waals surface area contributed by atoms with Crippen LogP contribution in [0.5, 0.6) is 0 Å². The summed E-state index contributed by atoms with van der Waals surface area (Å²) < 4.78 is 40.0. The molecule has 0 atom stereocenters. The normalized spacial score (nSPS) is 10.6. The molecule has 0 aliphatic rings. The van der Waals surface area contributed by atoms with Crippen molar-refractivity contribution in [1.29, 1.82) is 5.41 Å². The molecule has 0 spiro atoms. The number of nitrogens with one attached hydrogen (secondary N) is 1. The molecule has 0 amide bonds. The van der Waals surface area contributed by atoms with Gasteiger partial charge in [0.25, 0.3) is 0 Å². The Hall–Kier alpha value is -3.96. The zero-order valence-corrected chi connectivity index (χ0v) is 97.8. The van der Waals surface area contributed by atoms with Gasteiger partial charge in [-0.3, -0.25) is 18.8 Å². The van der Waals surface area contributed by atoms with Gasteiger partial charge in [0.2, 0.25) is 0 Å². The number of unbranched alkanes of at least 4 members (excludes halogenated alkanes) is 49. The van der Waals surface area contributed by atoms with Crippen LogP contribution in [0.1, 0.15) is 449 Å². The fourth-order valence-corrected chi connectivity index (χ4v) is 13.9. The standard InChI is InChI=1S/C20H44N.C19H42N.C17H37N3.C16H36N.C12H25.C8H20N.C4H12N.CH5N3.5CH2O3.BrH.Na.H2O4S/c1-5-6-7-8-9-10-11-12-13-14-15-16-17-18-19-20-21(2,3)4;1-5-6-7-8-9-10-11-12-13-14-15-16-17-18-19-20(2,3)4;1-6-7-8-9-10-11-12-13-14-15-16-20(5)17(18-2)19(3)4;1-5-9-13-17(14-10-6-2,15-11-7-3)16-12-8-4;1-3-5-7-9-11-12-10-8-6-4-2;1-5-9(6-2,7-3)8-4;1-5(2,3)4;6*2-1(3)4;;;1-5(2,3)4/h5-20H2,1-4H3;5-19H2,1-4H3;6-16H2,1-5H3;5-16H2,1-4H3;1,3-12H2,2H3;5-8H2,1-4H3;1-4H3;(H5,2,3,4);5*(H2,2,3,4);1H;;(H2,1,2,3,4)/q2*+1;;+1;-1;2*+1;;;;;;;;+1;/p-5. The first-order valence-electron chi connectivity index (χ1n) is 52.1. The third-order valence-corrected chi connectivity index (χ3v) is 21.4. The zero-order chi connectivity index (χ0) is 106. The van der Waals surface area contributed by atoms with Crippen LogP contribution >= 0.6 is 0 Å². The number of rotatable bonds is 67. The summed E-state index contributed by atoms with van der Waals surface area (Å²) in [6, 6.07) is 0. The van der Waals surface area contributed by atoms with Crippen molar-refractivity contribution in [3.8, 4) is 0 Å². The van der Waals surface area contributed by atoms with Gasteiger partial charge in [-0.2, -0.15) is 6.42 Å². The van der Waals surface area contributed by atoms with Crippen molar-refractivity contribution >= 4 is 53.1 Å². The maximum absolute atomic E-state index is 8.56. The first-order chi connectivity index (χ1) is 62.0. The number of quaternary nitrogens is 5. The van der Waals surface area contributed by atoms with Crippen molar-refractivity contribution in [2.24, 2.45) is 16.5 Å². The predicted octanol–water partition coefficient (Wildman–Crippen LogP) is 19.0. The van der Waals surface area contributed by atoms with E-state index in [1.165, 1.54) is 434 Å². The second-order valence-corrected chi connectivity index (χ2v) is 39.3. The number of nitrogens with two attached hydrogens (primary N) is 2. The van der Waals surface area contributed by atoms with Crippen LogP contribution in [-0.2, 0) is 10.4 Å². The molecule has 0 aliphatic heterocycles. The fourth-order valence-electron chi connectivity index (χ4n) is 13.9. The SMILES string of the molecule is CCCCCCCCCCCCCCCCC[N+](C)(C)C.CCCCCCCCCCCCCCCC[N+](C)(C)C.CCCCCCCCCCCCN(C)C(=NC)N(C)C.CCCC[N+](CCCC)(CCCC)CCCC.CC[N+](CC)(CC)CC.C[N+](C)(C)C.N=C(N)N.O=C(O)O.O=C(O)O.O=C(O)O.O=C(O)O.O=C([O-])[O-].O=S(=O)([O-])[O-].[Br-].[CH2-]CCCCCCCCCCC.[Na+]. The van der Waals surface area contributed by atoms with E-state index in [2.05, 4.69) is 208 Å². The largest absolute Gasteiger partial charge is 1.00 e. The summed E-state index contributed by atoms with van der Waals surface area (Å²) in [5.74, 6) is 0.737. The van der Waals surface area contributed by atoms with Crippen molar-refractivity contribution in [3.05, 3.63) is 6.92 Å². The number of hydrogen-bond donors (Lipinski definition) is 11. The van der Waals surface area contributed by atoms with Gasteiger partial charge in [0, 0.05) is 45.1 Å². The van der Waals surface area contributed by atoms with E-state index in [1.807, 2.05) is 7.05 Å². The van der Waals surface area contributed by atoms with Gasteiger partial charge in [0.05, 0.1) is 136 Å². The van der Waals surface area contributed by atoms with E-state index in [0.717, 1.165) is 32.4 Å². The molecule has 0 radical (unpaired) electrons. The molecule has 0 aromatic rings. The smallest absolute Gasteiger partial charge is 1.00 e. The van der Waals surface area contributed by atoms with E-state index in [9.17, 15) is 0 Å². The van der Waals surface area contributed by atoms with E-state index < -0.39 is 41.2 Å². The van der Waals surface area contributed by atoms with Crippen molar-refractivity contribution in [1.82, 2.24) is 9.80 Å². The number of halogens is 1. The molecule has 0 saturated heterocycles. The van der Waals surface area contributed by atoms with E-state index >= 15 is 0 Å². The maximum Gasteiger partial charge on any atom is 1.00 e. The van der Waals surface area contributed by atoms with Gasteiger partial charge in [-0.1, -0.05) is 357 Å². The van der Waals surface area contributed by atoms with E-state index in [4.69, 9.17) is 98.0 Å². The van der Waals surface area contributed by atoms with Crippen LogP contribution in [0.25, 0.3) is 0 Å². The Labute approximate surface area is 867 Å². The molecule has 0 heterocycles. The Morgan fingerprint density at radius 1 is 0.326 bits per heavy atom. The first-order valence-corrected chi connectivity index (χ1v) is 53.4. The molecule has 0 unspecified atom stereocenters. The minimum atomic E-state index is -5.17. The van der Waals surface area contributed by atoms with Gasteiger partial charge in [-0.15, -0.1) is 0 Å². The molecule has 820 valence electrons. The molecule has 13 N–H and O–H groups in total. The average Bonchev–Trinajstić information content (AvgIpc) is 0.792. The van der Waals surface area contributed by atoms with Crippen LogP contribution in [0.3, 0.4) is 0 Å². The number of carbonyl (C=O) groups is 5. The van der Waals surface area contributed by atoms with Crippen LogP contribution < -0.4 is 68.2 Å². The molecule has 0 rings (SSSR count). The van der Waals surface area contributed by atoms with Crippen molar-refractivity contribution < 1.29 is 162 Å². The first kappa shape index (κ1) is 167. The quantitative estimate of drug-likeness (QED) is 0.00394. The zero-order valence-electron chi connectivity index (χ0n) is 93.4. The minimum Gasteiger partial charge on any atom is -1.00 e. The Bertz CT molecular complexity index is 2260. The summed E-state index contributed by atoms with van der Waals surface area (Å²) in [5.41, 5.74) is 8.94. The summed E-state index contributed by atoms with van der Waals surface area (Å²) >= 11 is 0. The van der Waals surface area contributed by atoms with Crippen LogP contribution in [0.2, 0.25) is 0 Å². The topological polar surface area (TPSA) is 468 Å². The molecule has 0 fully saturated rings. The molecular weight excluding hydrogens is 1820 g/mol. The Morgan fingerprint density at radius 2 is 0.467 bits per heavy atom. The second kappa shape index (κ2) is 132. The number of carboxylic acid groups (broad SMARTS) is 10. The van der Waals surface area contributed by atoms with Gasteiger partial charge in [-0.25, -0.2) is 19.2 Å². The van der Waals surface area contributed by atoms with Gasteiger partial charge in [0.15, 0.2) is 11.9 Å². The predicted molar refractivity (Wildman–Crippen MR) is 560 cm³/mol. The molecule has 0 aliphatic carbocycles. The van der Waals surface area contributed by atoms with Gasteiger partial charge in [0.1, 0.15) is 0 Å². The van der Waals surface area contributed by atoms with Crippen LogP contribution in [-0.4, -0.2) is 304 Å². The van der Waals surface area contributed by atoms with E-state index in [1.54, 1.807) is 0 Å². The fraction of sp³-hybridized carbons (Fsp3) is 0.922. The molecule has 0 aromatic carbocycles. The third-order valence-electron chi connectivity index (χ3n) is 21.4. The Morgan fingerprint density at radius 3 is 0.585 bits per heavy atom. The third kappa shape index (κ3) is 241. The van der Waals surface area contributed by atoms with Crippen molar-refractivity contribution in [2.75, 3.05) is 171 Å². The molecule has 30 nitrogen and oxygen atoms in total. The molecule has 0 aromatic heterocycles. The summed E-state index contributed by atoms with van der Waals surface area (Å²) in [6.45, 7) is 46.0. The number of guanidine groups is 2. The minimum absolute atomic E-state index is 0. The average molecular weight is 2050 g/mol. The summed E-state index contributed by atoms with van der Waals surface area (Å²) in [6.07, 6.45) is 71.5. The van der Waals surface area contributed by atoms with Crippen LogP contribution in [0.4, 0.5) is 24.0 Å². The number of hydrogen-bond acceptors (Lipinski definition) is 13. The Kier molecular flexibility index (Phi) is 164. The number of nitrogens with zero attached hydrogens (tertiary/aromatic N) is 8.